The van der Waals surface area contributed by atoms with Crippen molar-refractivity contribution in [2.24, 2.45) is 11.8 Å². The summed E-state index contributed by atoms with van der Waals surface area (Å²) in [5, 5.41) is -0.339. The molecule has 4 nitrogen and oxygen atoms in total. The average Bonchev–Trinajstić information content (AvgIpc) is 2.36. The molecule has 1 N–H and O–H groups in total. The van der Waals surface area contributed by atoms with Gasteiger partial charge in [0.15, 0.2) is 0 Å². The Kier molecular flexibility index (Phi) is 10.5. The van der Waals surface area contributed by atoms with Crippen LogP contribution in [0.3, 0.4) is 0 Å². The highest BCUT2D eigenvalue weighted by Crippen LogP contribution is 2.19. The van der Waals surface area contributed by atoms with E-state index in [4.69, 9.17) is 4.74 Å². The first-order chi connectivity index (χ1) is 9.70. The van der Waals surface area contributed by atoms with E-state index in [1.807, 2.05) is 34.6 Å². The first kappa shape index (κ1) is 20.9. The third-order valence-corrected chi connectivity index (χ3v) is 5.74. The van der Waals surface area contributed by atoms with Gasteiger partial charge in [0.2, 0.25) is 10.0 Å². The van der Waals surface area contributed by atoms with Gasteiger partial charge in [0.1, 0.15) is 0 Å². The molecule has 5 heteroatoms. The summed E-state index contributed by atoms with van der Waals surface area (Å²) in [6.45, 7) is 13.4. The van der Waals surface area contributed by atoms with E-state index >= 15 is 0 Å². The Balaban J connectivity index is 4.42. The lowest BCUT2D eigenvalue weighted by molar-refractivity contribution is 0.0563. The molecule has 21 heavy (non-hydrogen) atoms. The fourth-order valence-electron chi connectivity index (χ4n) is 2.15. The molecule has 0 heterocycles. The Bertz CT molecular complexity index is 353. The van der Waals surface area contributed by atoms with Crippen molar-refractivity contribution in [2.45, 2.75) is 78.6 Å². The minimum absolute atomic E-state index is 0.109. The van der Waals surface area contributed by atoms with E-state index in [9.17, 15) is 8.42 Å². The Morgan fingerprint density at radius 2 is 1.67 bits per heavy atom. The molecule has 128 valence electrons. The molecule has 0 saturated carbocycles. The third-order valence-electron chi connectivity index (χ3n) is 3.59. The third kappa shape index (κ3) is 9.48. The van der Waals surface area contributed by atoms with Gasteiger partial charge in [0.05, 0.1) is 11.4 Å². The van der Waals surface area contributed by atoms with Gasteiger partial charge in [-0.2, -0.15) is 0 Å². The van der Waals surface area contributed by atoms with E-state index in [2.05, 4.69) is 11.6 Å². The molecule has 0 rings (SSSR count). The normalized spacial score (nSPS) is 15.6. The topological polar surface area (TPSA) is 55.4 Å². The van der Waals surface area contributed by atoms with E-state index in [1.54, 1.807) is 0 Å². The van der Waals surface area contributed by atoms with Crippen LogP contribution in [0.15, 0.2) is 0 Å². The molecule has 0 amide bonds. The summed E-state index contributed by atoms with van der Waals surface area (Å²) in [4.78, 5) is 0. The van der Waals surface area contributed by atoms with Gasteiger partial charge in [-0.1, -0.05) is 41.0 Å². The summed E-state index contributed by atoms with van der Waals surface area (Å²) < 4.78 is 33.3. The van der Waals surface area contributed by atoms with Crippen LogP contribution in [-0.2, 0) is 14.8 Å². The monoisotopic (exact) mass is 321 g/mol. The van der Waals surface area contributed by atoms with Crippen LogP contribution >= 0.6 is 0 Å². The maximum atomic E-state index is 12.4. The summed E-state index contributed by atoms with van der Waals surface area (Å²) in [7, 11) is -3.24. The van der Waals surface area contributed by atoms with Crippen molar-refractivity contribution in [3.05, 3.63) is 0 Å². The van der Waals surface area contributed by atoms with Crippen molar-refractivity contribution in [3.63, 3.8) is 0 Å². The van der Waals surface area contributed by atoms with Gasteiger partial charge >= 0.3 is 0 Å². The second kappa shape index (κ2) is 10.6. The quantitative estimate of drug-likeness (QED) is 0.559. The molecule has 0 aromatic carbocycles. The molecule has 0 aromatic heterocycles. The Hall–Kier alpha value is -0.130. The Morgan fingerprint density at radius 1 is 1.05 bits per heavy atom. The molecule has 0 aromatic rings. The minimum atomic E-state index is -3.24. The lowest BCUT2D eigenvalue weighted by Gasteiger charge is -2.23. The van der Waals surface area contributed by atoms with Crippen molar-refractivity contribution >= 4 is 10.0 Å². The van der Waals surface area contributed by atoms with Crippen molar-refractivity contribution < 1.29 is 13.2 Å². The number of sulfonamides is 1. The number of hydrogen-bond acceptors (Lipinski definition) is 3. The largest absolute Gasteiger partial charge is 0.379 e. The maximum Gasteiger partial charge on any atom is 0.214 e. The Labute approximate surface area is 132 Å². The summed E-state index contributed by atoms with van der Waals surface area (Å²) in [6.07, 6.45) is 3.74. The maximum absolute atomic E-state index is 12.4. The number of ether oxygens (including phenoxy) is 1. The van der Waals surface area contributed by atoms with Gasteiger partial charge in [0, 0.05) is 13.2 Å². The van der Waals surface area contributed by atoms with Crippen LogP contribution < -0.4 is 4.72 Å². The van der Waals surface area contributed by atoms with E-state index in [-0.39, 0.29) is 17.3 Å². The Morgan fingerprint density at radius 3 is 2.14 bits per heavy atom. The van der Waals surface area contributed by atoms with Gasteiger partial charge in [0.25, 0.3) is 0 Å². The van der Waals surface area contributed by atoms with Gasteiger partial charge in [-0.25, -0.2) is 13.1 Å². The van der Waals surface area contributed by atoms with Crippen LogP contribution in [0.4, 0.5) is 0 Å². The van der Waals surface area contributed by atoms with Gasteiger partial charge in [-0.05, 0) is 38.0 Å². The average molecular weight is 322 g/mol. The minimum Gasteiger partial charge on any atom is -0.379 e. The van der Waals surface area contributed by atoms with Gasteiger partial charge in [-0.3, -0.25) is 0 Å². The van der Waals surface area contributed by atoms with Crippen molar-refractivity contribution in [3.8, 4) is 0 Å². The highest BCUT2D eigenvalue weighted by Gasteiger charge is 2.28. The lowest BCUT2D eigenvalue weighted by atomic mass is 10.0. The van der Waals surface area contributed by atoms with Gasteiger partial charge < -0.3 is 4.74 Å². The van der Waals surface area contributed by atoms with Crippen molar-refractivity contribution in [2.75, 3.05) is 13.2 Å². The zero-order valence-electron chi connectivity index (χ0n) is 14.7. The van der Waals surface area contributed by atoms with E-state index in [0.717, 1.165) is 25.9 Å². The predicted molar refractivity (Wildman–Crippen MR) is 89.9 cm³/mol. The molecule has 0 fully saturated rings. The molecule has 0 aliphatic carbocycles. The molecular weight excluding hydrogens is 286 g/mol. The molecule has 0 bridgehead atoms. The summed E-state index contributed by atoms with van der Waals surface area (Å²) >= 11 is 0. The highest BCUT2D eigenvalue weighted by atomic mass is 32.2. The first-order valence-electron chi connectivity index (χ1n) is 8.30. The molecule has 2 unspecified atom stereocenters. The van der Waals surface area contributed by atoms with Crippen LogP contribution in [0.1, 0.15) is 67.2 Å². The SMILES string of the molecule is CCCCOC(C)CCC(C(C)C)S(=O)(=O)NCC(C)C. The fourth-order valence-corrected chi connectivity index (χ4v) is 4.09. The van der Waals surface area contributed by atoms with Crippen LogP contribution in [0, 0.1) is 11.8 Å². The molecule has 0 saturated heterocycles. The van der Waals surface area contributed by atoms with E-state index < -0.39 is 10.0 Å². The van der Waals surface area contributed by atoms with Gasteiger partial charge in [-0.15, -0.1) is 0 Å². The second-order valence-corrected chi connectivity index (χ2v) is 8.67. The number of nitrogens with one attached hydrogen (secondary N) is 1. The second-order valence-electron chi connectivity index (χ2n) is 6.68. The van der Waals surface area contributed by atoms with E-state index in [1.165, 1.54) is 0 Å². The van der Waals surface area contributed by atoms with Crippen LogP contribution in [0.25, 0.3) is 0 Å². The number of unbranched alkanes of at least 4 members (excludes halogenated alkanes) is 1. The van der Waals surface area contributed by atoms with Crippen LogP contribution in [-0.4, -0.2) is 32.9 Å². The van der Waals surface area contributed by atoms with Crippen LogP contribution in [0.5, 0.6) is 0 Å². The molecule has 2 atom stereocenters. The molecule has 0 aliphatic heterocycles. The summed E-state index contributed by atoms with van der Waals surface area (Å²) in [6, 6.07) is 0. The number of hydrogen-bond donors (Lipinski definition) is 1. The van der Waals surface area contributed by atoms with Crippen molar-refractivity contribution in [1.29, 1.82) is 0 Å². The summed E-state index contributed by atoms with van der Waals surface area (Å²) in [5.74, 6) is 0.432. The summed E-state index contributed by atoms with van der Waals surface area (Å²) in [5.41, 5.74) is 0. The van der Waals surface area contributed by atoms with Crippen LogP contribution in [0.2, 0.25) is 0 Å². The lowest BCUT2D eigenvalue weighted by Crippen LogP contribution is -2.39. The molecule has 0 aliphatic rings. The smallest absolute Gasteiger partial charge is 0.214 e. The fraction of sp³-hybridized carbons (Fsp3) is 1.00. The molecular formula is C16H35NO3S. The zero-order valence-corrected chi connectivity index (χ0v) is 15.5. The first-order valence-corrected chi connectivity index (χ1v) is 9.85. The molecule has 0 radical (unpaired) electrons. The number of rotatable bonds is 12. The van der Waals surface area contributed by atoms with E-state index in [0.29, 0.717) is 18.9 Å². The zero-order chi connectivity index (χ0) is 16.5. The highest BCUT2D eigenvalue weighted by molar-refractivity contribution is 7.90. The standard InChI is InChI=1S/C16H35NO3S/c1-7-8-11-20-15(6)9-10-16(14(4)5)21(18,19)17-12-13(2)3/h13-17H,7-12H2,1-6H3. The molecule has 0 spiro atoms. The predicted octanol–water partition coefficient (Wildman–Crippen LogP) is 3.57. The van der Waals surface area contributed by atoms with Crippen molar-refractivity contribution in [1.82, 2.24) is 4.72 Å².